The zero-order valence-corrected chi connectivity index (χ0v) is 14.8. The number of hydrogen-bond acceptors (Lipinski definition) is 2. The molecule has 21 heavy (non-hydrogen) atoms. The average Bonchev–Trinajstić information content (AvgIpc) is 2.50. The Kier molecular flexibility index (Phi) is 7.72. The molecule has 0 amide bonds. The minimum Gasteiger partial charge on any atom is -0.329 e. The minimum atomic E-state index is 0.0202. The lowest BCUT2D eigenvalue weighted by molar-refractivity contribution is 0.0891. The summed E-state index contributed by atoms with van der Waals surface area (Å²) in [5, 5.41) is 0.835. The Morgan fingerprint density at radius 3 is 2.48 bits per heavy atom. The van der Waals surface area contributed by atoms with Crippen LogP contribution in [0, 0.1) is 0 Å². The summed E-state index contributed by atoms with van der Waals surface area (Å²) in [6.45, 7) is 7.39. The molecule has 3 heteroatoms. The molecule has 0 fully saturated rings. The molecule has 1 rings (SSSR count). The molecule has 0 aliphatic heterocycles. The summed E-state index contributed by atoms with van der Waals surface area (Å²) in [6.07, 6.45) is 6.24. The minimum absolute atomic E-state index is 0.0202. The van der Waals surface area contributed by atoms with Crippen LogP contribution in [0.15, 0.2) is 24.3 Å². The van der Waals surface area contributed by atoms with E-state index in [0.717, 1.165) is 11.4 Å². The van der Waals surface area contributed by atoms with Crippen LogP contribution in [0.25, 0.3) is 0 Å². The second-order valence-corrected chi connectivity index (χ2v) is 6.73. The standard InChI is InChI=1S/C18H31ClN2/c1-5-6-7-10-13-18(3,14-20)21(4)15(2)16-11-8-9-12-17(16)19/h8-9,11-12,15H,5-7,10,13-14,20H2,1-4H3. The van der Waals surface area contributed by atoms with Gasteiger partial charge in [0.2, 0.25) is 0 Å². The molecule has 1 aromatic carbocycles. The third-order valence-corrected chi connectivity index (χ3v) is 5.14. The molecule has 0 saturated heterocycles. The molecule has 0 bridgehead atoms. The van der Waals surface area contributed by atoms with Gasteiger partial charge in [-0.25, -0.2) is 0 Å². The van der Waals surface area contributed by atoms with Crippen molar-refractivity contribution in [2.45, 2.75) is 64.5 Å². The molecular weight excluding hydrogens is 280 g/mol. The van der Waals surface area contributed by atoms with Crippen molar-refractivity contribution < 1.29 is 0 Å². The van der Waals surface area contributed by atoms with Gasteiger partial charge in [-0.05, 0) is 38.9 Å². The predicted octanol–water partition coefficient (Wildman–Crippen LogP) is 5.02. The van der Waals surface area contributed by atoms with Gasteiger partial charge in [0.1, 0.15) is 0 Å². The normalized spacial score (nSPS) is 16.0. The number of unbranched alkanes of at least 4 members (excludes halogenated alkanes) is 3. The number of likely N-dealkylation sites (N-methyl/N-ethyl adjacent to an activating group) is 1. The summed E-state index contributed by atoms with van der Waals surface area (Å²) in [7, 11) is 2.17. The van der Waals surface area contributed by atoms with Crippen LogP contribution < -0.4 is 5.73 Å². The van der Waals surface area contributed by atoms with Gasteiger partial charge in [0.05, 0.1) is 0 Å². The Bertz CT molecular complexity index is 421. The SMILES string of the molecule is CCCCCCC(C)(CN)N(C)C(C)c1ccccc1Cl. The molecule has 0 spiro atoms. The summed E-state index contributed by atoms with van der Waals surface area (Å²) in [5.41, 5.74) is 7.30. The van der Waals surface area contributed by atoms with Crippen molar-refractivity contribution in [3.8, 4) is 0 Å². The Balaban J connectivity index is 2.77. The van der Waals surface area contributed by atoms with E-state index in [9.17, 15) is 0 Å². The van der Waals surface area contributed by atoms with Crippen LogP contribution in [0.4, 0.5) is 0 Å². The van der Waals surface area contributed by atoms with E-state index >= 15 is 0 Å². The third-order valence-electron chi connectivity index (χ3n) is 4.80. The highest BCUT2D eigenvalue weighted by Gasteiger charge is 2.31. The fourth-order valence-electron chi connectivity index (χ4n) is 2.85. The lowest BCUT2D eigenvalue weighted by Gasteiger charge is -2.42. The van der Waals surface area contributed by atoms with Crippen LogP contribution >= 0.6 is 11.6 Å². The molecule has 0 radical (unpaired) electrons. The van der Waals surface area contributed by atoms with Crippen LogP contribution in [0.2, 0.25) is 5.02 Å². The van der Waals surface area contributed by atoms with E-state index in [1.807, 2.05) is 18.2 Å². The van der Waals surface area contributed by atoms with Crippen molar-refractivity contribution in [1.82, 2.24) is 4.90 Å². The molecule has 0 saturated carbocycles. The number of nitrogens with zero attached hydrogens (tertiary/aromatic N) is 1. The van der Waals surface area contributed by atoms with Crippen LogP contribution in [0.5, 0.6) is 0 Å². The molecule has 2 unspecified atom stereocenters. The van der Waals surface area contributed by atoms with Gasteiger partial charge < -0.3 is 5.73 Å². The lowest BCUT2D eigenvalue weighted by atomic mass is 9.90. The highest BCUT2D eigenvalue weighted by molar-refractivity contribution is 6.31. The van der Waals surface area contributed by atoms with E-state index in [-0.39, 0.29) is 11.6 Å². The Labute approximate surface area is 135 Å². The highest BCUT2D eigenvalue weighted by atomic mass is 35.5. The van der Waals surface area contributed by atoms with Crippen molar-refractivity contribution in [1.29, 1.82) is 0 Å². The summed E-state index contributed by atoms with van der Waals surface area (Å²) in [6, 6.07) is 8.36. The van der Waals surface area contributed by atoms with Crippen LogP contribution in [0.3, 0.4) is 0 Å². The molecule has 2 nitrogen and oxygen atoms in total. The molecular formula is C18H31ClN2. The largest absolute Gasteiger partial charge is 0.329 e. The number of halogens is 1. The number of rotatable bonds is 9. The van der Waals surface area contributed by atoms with Crippen molar-refractivity contribution in [2.24, 2.45) is 5.73 Å². The fourth-order valence-corrected chi connectivity index (χ4v) is 3.14. The van der Waals surface area contributed by atoms with Crippen LogP contribution in [0.1, 0.15) is 64.5 Å². The van der Waals surface area contributed by atoms with Gasteiger partial charge in [0.15, 0.2) is 0 Å². The van der Waals surface area contributed by atoms with E-state index in [4.69, 9.17) is 17.3 Å². The van der Waals surface area contributed by atoms with Crippen molar-refractivity contribution in [3.63, 3.8) is 0 Å². The monoisotopic (exact) mass is 310 g/mol. The maximum Gasteiger partial charge on any atom is 0.0453 e. The second kappa shape index (κ2) is 8.77. The molecule has 2 atom stereocenters. The first-order chi connectivity index (χ1) is 9.96. The van der Waals surface area contributed by atoms with Gasteiger partial charge in [-0.15, -0.1) is 0 Å². The first-order valence-electron chi connectivity index (χ1n) is 8.13. The first-order valence-corrected chi connectivity index (χ1v) is 8.51. The lowest BCUT2D eigenvalue weighted by Crippen LogP contribution is -2.50. The molecule has 0 aromatic heterocycles. The van der Waals surface area contributed by atoms with Crippen LogP contribution in [-0.2, 0) is 0 Å². The second-order valence-electron chi connectivity index (χ2n) is 6.32. The first kappa shape index (κ1) is 18.5. The van der Waals surface area contributed by atoms with Gasteiger partial charge in [-0.1, -0.05) is 62.4 Å². The van der Waals surface area contributed by atoms with Crippen molar-refractivity contribution in [2.75, 3.05) is 13.6 Å². The quantitative estimate of drug-likeness (QED) is 0.649. The van der Waals surface area contributed by atoms with Gasteiger partial charge >= 0.3 is 0 Å². The van der Waals surface area contributed by atoms with Gasteiger partial charge in [-0.2, -0.15) is 0 Å². The van der Waals surface area contributed by atoms with E-state index < -0.39 is 0 Å². The molecule has 1 aromatic rings. The summed E-state index contributed by atoms with van der Waals surface area (Å²) < 4.78 is 0. The maximum absolute atomic E-state index is 6.34. The van der Waals surface area contributed by atoms with E-state index in [1.165, 1.54) is 31.2 Å². The summed E-state index contributed by atoms with van der Waals surface area (Å²) >= 11 is 6.34. The van der Waals surface area contributed by atoms with Gasteiger partial charge in [-0.3, -0.25) is 4.90 Å². The number of hydrogen-bond donors (Lipinski definition) is 1. The third kappa shape index (κ3) is 4.98. The average molecular weight is 311 g/mol. The number of benzene rings is 1. The molecule has 0 aliphatic rings. The Hall–Kier alpha value is -0.570. The zero-order valence-electron chi connectivity index (χ0n) is 14.0. The Morgan fingerprint density at radius 1 is 1.24 bits per heavy atom. The molecule has 120 valence electrons. The van der Waals surface area contributed by atoms with E-state index in [1.54, 1.807) is 0 Å². The van der Waals surface area contributed by atoms with Gasteiger partial charge in [0, 0.05) is 23.1 Å². The van der Waals surface area contributed by atoms with Crippen LogP contribution in [-0.4, -0.2) is 24.0 Å². The predicted molar refractivity (Wildman–Crippen MR) is 93.8 cm³/mol. The fraction of sp³-hybridized carbons (Fsp3) is 0.667. The Morgan fingerprint density at radius 2 is 1.90 bits per heavy atom. The zero-order chi connectivity index (χ0) is 15.9. The van der Waals surface area contributed by atoms with Gasteiger partial charge in [0.25, 0.3) is 0 Å². The molecule has 0 heterocycles. The highest BCUT2D eigenvalue weighted by Crippen LogP contribution is 2.32. The van der Waals surface area contributed by atoms with Crippen molar-refractivity contribution >= 4 is 11.6 Å². The van der Waals surface area contributed by atoms with E-state index in [2.05, 4.69) is 38.8 Å². The van der Waals surface area contributed by atoms with Crippen molar-refractivity contribution in [3.05, 3.63) is 34.9 Å². The number of nitrogens with two attached hydrogens (primary N) is 1. The topological polar surface area (TPSA) is 29.3 Å². The smallest absolute Gasteiger partial charge is 0.0453 e. The maximum atomic E-state index is 6.34. The summed E-state index contributed by atoms with van der Waals surface area (Å²) in [5.74, 6) is 0. The summed E-state index contributed by atoms with van der Waals surface area (Å²) in [4.78, 5) is 2.39. The van der Waals surface area contributed by atoms with E-state index in [0.29, 0.717) is 6.54 Å². The molecule has 2 N–H and O–H groups in total. The molecule has 0 aliphatic carbocycles.